The van der Waals surface area contributed by atoms with Crippen molar-refractivity contribution in [3.8, 4) is 5.75 Å². The zero-order valence-corrected chi connectivity index (χ0v) is 17.4. The summed E-state index contributed by atoms with van der Waals surface area (Å²) in [5.74, 6) is 0.627. The number of β-amino-alcohol motifs (C(OH)–C–C–N with tert-alkyl or cyclic N) is 1. The quantitative estimate of drug-likeness (QED) is 0.489. The fourth-order valence-corrected chi connectivity index (χ4v) is 3.62. The molecule has 1 unspecified atom stereocenters. The van der Waals surface area contributed by atoms with E-state index in [4.69, 9.17) is 9.47 Å². The summed E-state index contributed by atoms with van der Waals surface area (Å²) in [7, 11) is 3.50. The molecule has 0 radical (unpaired) electrons. The van der Waals surface area contributed by atoms with E-state index in [2.05, 4.69) is 29.5 Å². The van der Waals surface area contributed by atoms with Gasteiger partial charge in [0.2, 0.25) is 0 Å². The second kappa shape index (κ2) is 11.2. The molecule has 0 bridgehead atoms. The lowest BCUT2D eigenvalue weighted by Gasteiger charge is -2.31. The van der Waals surface area contributed by atoms with Crippen LogP contribution in [0.3, 0.4) is 0 Å². The number of hydrogen-bond acceptors (Lipinski definition) is 6. The highest BCUT2D eigenvalue weighted by atomic mass is 16.5. The van der Waals surface area contributed by atoms with Crippen molar-refractivity contribution >= 4 is 5.97 Å². The Morgan fingerprint density at radius 2 is 2.11 bits per heavy atom. The van der Waals surface area contributed by atoms with E-state index in [1.54, 1.807) is 0 Å². The molecule has 1 saturated heterocycles. The van der Waals surface area contributed by atoms with Gasteiger partial charge in [0, 0.05) is 19.6 Å². The van der Waals surface area contributed by atoms with Crippen LogP contribution >= 0.6 is 0 Å². The van der Waals surface area contributed by atoms with Crippen LogP contribution in [-0.2, 0) is 16.1 Å². The molecule has 1 aromatic carbocycles. The number of aliphatic hydroxyl groups excluding tert-OH is 1. The highest BCUT2D eigenvalue weighted by Gasteiger charge is 2.26. The number of likely N-dealkylation sites (N-methyl/N-ethyl adjacent to an activating group) is 1. The summed E-state index contributed by atoms with van der Waals surface area (Å²) < 4.78 is 10.6. The first-order valence-electron chi connectivity index (χ1n) is 9.90. The van der Waals surface area contributed by atoms with Gasteiger partial charge in [-0.25, -0.2) is 0 Å². The monoisotopic (exact) mass is 390 g/mol. The topological polar surface area (TPSA) is 62.2 Å². The molecule has 0 saturated carbocycles. The first-order chi connectivity index (χ1) is 13.4. The molecule has 0 spiro atoms. The summed E-state index contributed by atoms with van der Waals surface area (Å²) in [5, 5.41) is 10.3. The third-order valence-corrected chi connectivity index (χ3v) is 4.92. The largest absolute Gasteiger partial charge is 0.491 e. The van der Waals surface area contributed by atoms with Gasteiger partial charge in [-0.15, -0.1) is 0 Å². The van der Waals surface area contributed by atoms with Crippen molar-refractivity contribution in [2.24, 2.45) is 5.92 Å². The number of nitrogens with zero attached hydrogens (tertiary/aromatic N) is 2. The van der Waals surface area contributed by atoms with Crippen molar-refractivity contribution in [2.75, 3.05) is 46.9 Å². The number of likely N-dealkylation sites (tertiary alicyclic amines) is 1. The number of esters is 1. The van der Waals surface area contributed by atoms with Crippen molar-refractivity contribution in [3.63, 3.8) is 0 Å². The molecule has 6 nitrogen and oxygen atoms in total. The van der Waals surface area contributed by atoms with Gasteiger partial charge in [0.05, 0.1) is 13.0 Å². The average molecular weight is 391 g/mol. The minimum Gasteiger partial charge on any atom is -0.491 e. The molecule has 156 valence electrons. The summed E-state index contributed by atoms with van der Waals surface area (Å²) in [6, 6.07) is 7.98. The van der Waals surface area contributed by atoms with Gasteiger partial charge in [-0.05, 0) is 57.6 Å². The Bertz CT molecular complexity index is 641. The van der Waals surface area contributed by atoms with E-state index in [0.717, 1.165) is 50.3 Å². The van der Waals surface area contributed by atoms with E-state index in [-0.39, 0.29) is 18.5 Å². The number of ether oxygens (including phenoxy) is 2. The first-order valence-corrected chi connectivity index (χ1v) is 9.90. The van der Waals surface area contributed by atoms with Crippen LogP contribution in [0.2, 0.25) is 0 Å². The van der Waals surface area contributed by atoms with Crippen molar-refractivity contribution in [1.29, 1.82) is 0 Å². The maximum atomic E-state index is 11.6. The molecule has 2 rings (SSSR count). The maximum Gasteiger partial charge on any atom is 0.308 e. The number of methoxy groups -OCH3 is 1. The van der Waals surface area contributed by atoms with Crippen LogP contribution in [0, 0.1) is 5.92 Å². The van der Waals surface area contributed by atoms with Crippen LogP contribution in [0.25, 0.3) is 0 Å². The molecule has 1 aliphatic heterocycles. The smallest absolute Gasteiger partial charge is 0.308 e. The lowest BCUT2D eigenvalue weighted by atomic mass is 9.97. The molecule has 1 fully saturated rings. The van der Waals surface area contributed by atoms with Crippen LogP contribution in [-0.4, -0.2) is 73.9 Å². The lowest BCUT2D eigenvalue weighted by Crippen LogP contribution is -2.42. The van der Waals surface area contributed by atoms with Crippen molar-refractivity contribution in [3.05, 3.63) is 42.0 Å². The molecule has 6 heteroatoms. The Labute approximate surface area is 168 Å². The molecule has 1 atom stereocenters. The second-order valence-corrected chi connectivity index (χ2v) is 7.84. The van der Waals surface area contributed by atoms with E-state index in [0.29, 0.717) is 6.54 Å². The van der Waals surface area contributed by atoms with E-state index in [1.807, 2.05) is 25.1 Å². The number of piperidine rings is 1. The van der Waals surface area contributed by atoms with Crippen LogP contribution in [0.5, 0.6) is 5.75 Å². The normalized spacial score (nSPS) is 16.8. The second-order valence-electron chi connectivity index (χ2n) is 7.84. The van der Waals surface area contributed by atoms with Crippen LogP contribution < -0.4 is 4.74 Å². The Hall–Kier alpha value is -1.89. The van der Waals surface area contributed by atoms with E-state index >= 15 is 0 Å². The Morgan fingerprint density at radius 3 is 2.75 bits per heavy atom. The first kappa shape index (κ1) is 22.4. The van der Waals surface area contributed by atoms with Gasteiger partial charge in [-0.1, -0.05) is 24.3 Å². The molecule has 1 aromatic rings. The predicted molar refractivity (Wildman–Crippen MR) is 110 cm³/mol. The molecule has 0 aromatic heterocycles. The summed E-state index contributed by atoms with van der Waals surface area (Å²) >= 11 is 0. The molecule has 1 aliphatic rings. The molecule has 1 heterocycles. The van der Waals surface area contributed by atoms with Crippen LogP contribution in [0.15, 0.2) is 36.4 Å². The van der Waals surface area contributed by atoms with Crippen LogP contribution in [0.1, 0.15) is 25.3 Å². The fraction of sp³-hybridized carbons (Fsp3) is 0.591. The summed E-state index contributed by atoms with van der Waals surface area (Å²) in [6.45, 7) is 10.0. The molecule has 1 N–H and O–H groups in total. The number of rotatable bonds is 10. The van der Waals surface area contributed by atoms with Gasteiger partial charge < -0.3 is 19.5 Å². The number of benzene rings is 1. The Balaban J connectivity index is 1.74. The molecular weight excluding hydrogens is 356 g/mol. The number of carbonyl (C=O) groups excluding carboxylic acids is 1. The standard InChI is InChI=1S/C22H34N2O4/c1-17(2)13-23(3)14-18-6-5-7-21(12-18)28-16-20(25)15-24-10-8-19(9-11-24)22(26)27-4/h5-7,12,19-20,25H,1,8-11,13-16H2,2-4H3. The van der Waals surface area contributed by atoms with Crippen molar-refractivity contribution < 1.29 is 19.4 Å². The summed E-state index contributed by atoms with van der Waals surface area (Å²) in [5.41, 5.74) is 2.30. The van der Waals surface area contributed by atoms with Crippen molar-refractivity contribution in [2.45, 2.75) is 32.4 Å². The third-order valence-electron chi connectivity index (χ3n) is 4.92. The van der Waals surface area contributed by atoms with Gasteiger partial charge >= 0.3 is 5.97 Å². The zero-order valence-electron chi connectivity index (χ0n) is 17.4. The minimum atomic E-state index is -0.565. The number of aliphatic hydroxyl groups is 1. The minimum absolute atomic E-state index is 0.0135. The fourth-order valence-electron chi connectivity index (χ4n) is 3.62. The molecule has 0 aliphatic carbocycles. The average Bonchev–Trinajstić information content (AvgIpc) is 2.66. The zero-order chi connectivity index (χ0) is 20.5. The highest BCUT2D eigenvalue weighted by molar-refractivity contribution is 5.72. The van der Waals surface area contributed by atoms with Gasteiger partial charge in [-0.3, -0.25) is 9.69 Å². The van der Waals surface area contributed by atoms with E-state index in [9.17, 15) is 9.90 Å². The lowest BCUT2D eigenvalue weighted by molar-refractivity contribution is -0.147. The predicted octanol–water partition coefficient (Wildman–Crippen LogP) is 2.32. The summed E-state index contributed by atoms with van der Waals surface area (Å²) in [6.07, 6.45) is 0.990. The maximum absolute atomic E-state index is 11.6. The SMILES string of the molecule is C=C(C)CN(C)Cc1cccc(OCC(O)CN2CCC(C(=O)OC)CC2)c1. The summed E-state index contributed by atoms with van der Waals surface area (Å²) in [4.78, 5) is 16.0. The Kier molecular flexibility index (Phi) is 8.96. The van der Waals surface area contributed by atoms with Crippen molar-refractivity contribution in [1.82, 2.24) is 9.80 Å². The van der Waals surface area contributed by atoms with Gasteiger partial charge in [0.1, 0.15) is 18.5 Å². The molecular formula is C22H34N2O4. The van der Waals surface area contributed by atoms with Gasteiger partial charge in [-0.2, -0.15) is 0 Å². The molecule has 0 amide bonds. The molecule has 28 heavy (non-hydrogen) atoms. The van der Waals surface area contributed by atoms with E-state index < -0.39 is 6.10 Å². The Morgan fingerprint density at radius 1 is 1.39 bits per heavy atom. The number of carbonyl (C=O) groups is 1. The van der Waals surface area contributed by atoms with Crippen LogP contribution in [0.4, 0.5) is 0 Å². The van der Waals surface area contributed by atoms with Gasteiger partial charge in [0.25, 0.3) is 0 Å². The highest BCUT2D eigenvalue weighted by Crippen LogP contribution is 2.19. The van der Waals surface area contributed by atoms with Gasteiger partial charge in [0.15, 0.2) is 0 Å². The third kappa shape index (κ3) is 7.62. The number of hydrogen-bond donors (Lipinski definition) is 1. The van der Waals surface area contributed by atoms with E-state index in [1.165, 1.54) is 12.7 Å².